The fraction of sp³-hybridized carbons (Fsp3) is 0.750. The quantitative estimate of drug-likeness (QED) is 0.849. The number of hydrogen-bond acceptors (Lipinski definition) is 4. The molecule has 96 valence electrons. The van der Waals surface area contributed by atoms with Crippen LogP contribution >= 0.6 is 0 Å². The van der Waals surface area contributed by atoms with Gasteiger partial charge in [0.05, 0.1) is 25.3 Å². The molecule has 1 N–H and O–H groups in total. The molecule has 0 bridgehead atoms. The zero-order valence-electron chi connectivity index (χ0n) is 10.6. The Labute approximate surface area is 102 Å². The van der Waals surface area contributed by atoms with E-state index < -0.39 is 0 Å². The van der Waals surface area contributed by atoms with Crippen molar-refractivity contribution >= 4 is 5.95 Å². The number of ether oxygens (including phenoxy) is 2. The minimum atomic E-state index is 0.287. The van der Waals surface area contributed by atoms with Crippen molar-refractivity contribution in [3.63, 3.8) is 0 Å². The summed E-state index contributed by atoms with van der Waals surface area (Å²) in [6, 6.07) is 0.661. The van der Waals surface area contributed by atoms with E-state index in [1.165, 1.54) is 0 Å². The molecule has 0 spiro atoms. The maximum atomic E-state index is 5.45. The van der Waals surface area contributed by atoms with Crippen molar-refractivity contribution in [3.8, 4) is 0 Å². The molecule has 0 aromatic carbocycles. The lowest BCUT2D eigenvalue weighted by Gasteiger charge is -2.25. The summed E-state index contributed by atoms with van der Waals surface area (Å²) in [6.45, 7) is 4.46. The SMILES string of the molecule is COCC(C)n1ccnc1NC1CCCOC1. The Hall–Kier alpha value is -1.07. The van der Waals surface area contributed by atoms with Crippen molar-refractivity contribution in [3.05, 3.63) is 12.4 Å². The summed E-state index contributed by atoms with van der Waals surface area (Å²) in [5.41, 5.74) is 0. The first-order valence-corrected chi connectivity index (χ1v) is 6.17. The maximum absolute atomic E-state index is 5.45. The highest BCUT2D eigenvalue weighted by atomic mass is 16.5. The molecule has 2 unspecified atom stereocenters. The number of rotatable bonds is 5. The second kappa shape index (κ2) is 6.02. The molecule has 5 heteroatoms. The highest BCUT2D eigenvalue weighted by Gasteiger charge is 2.17. The van der Waals surface area contributed by atoms with E-state index in [1.54, 1.807) is 7.11 Å². The zero-order chi connectivity index (χ0) is 12.1. The predicted octanol–water partition coefficient (Wildman–Crippen LogP) is 1.68. The molecule has 1 aliphatic heterocycles. The van der Waals surface area contributed by atoms with Crippen molar-refractivity contribution < 1.29 is 9.47 Å². The minimum Gasteiger partial charge on any atom is -0.383 e. The van der Waals surface area contributed by atoms with Crippen molar-refractivity contribution in [1.29, 1.82) is 0 Å². The molecule has 1 aromatic rings. The fourth-order valence-electron chi connectivity index (χ4n) is 2.14. The minimum absolute atomic E-state index is 0.287. The van der Waals surface area contributed by atoms with Crippen molar-refractivity contribution in [2.75, 3.05) is 32.2 Å². The number of imidazole rings is 1. The van der Waals surface area contributed by atoms with Gasteiger partial charge in [-0.05, 0) is 19.8 Å². The third kappa shape index (κ3) is 3.20. The highest BCUT2D eigenvalue weighted by Crippen LogP contribution is 2.17. The average molecular weight is 239 g/mol. The Kier molecular flexibility index (Phi) is 4.39. The predicted molar refractivity (Wildman–Crippen MR) is 66.3 cm³/mol. The Morgan fingerprint density at radius 1 is 1.71 bits per heavy atom. The number of nitrogens with one attached hydrogen (secondary N) is 1. The van der Waals surface area contributed by atoms with Gasteiger partial charge in [-0.2, -0.15) is 0 Å². The van der Waals surface area contributed by atoms with E-state index in [9.17, 15) is 0 Å². The molecule has 0 amide bonds. The zero-order valence-corrected chi connectivity index (χ0v) is 10.6. The van der Waals surface area contributed by atoms with Gasteiger partial charge in [-0.3, -0.25) is 0 Å². The lowest BCUT2D eigenvalue weighted by Crippen LogP contribution is -2.31. The molecule has 1 saturated heterocycles. The van der Waals surface area contributed by atoms with Crippen LogP contribution in [0.1, 0.15) is 25.8 Å². The van der Waals surface area contributed by atoms with Crippen LogP contribution in [0.3, 0.4) is 0 Å². The third-order valence-corrected chi connectivity index (χ3v) is 3.04. The van der Waals surface area contributed by atoms with Crippen LogP contribution in [0.2, 0.25) is 0 Å². The number of aromatic nitrogens is 2. The molecule has 2 heterocycles. The molecule has 0 aliphatic carbocycles. The van der Waals surface area contributed by atoms with Gasteiger partial charge in [0.15, 0.2) is 0 Å². The average Bonchev–Trinajstić information content (AvgIpc) is 2.79. The standard InChI is InChI=1S/C12H21N3O2/c1-10(8-16-2)15-6-5-13-12(15)14-11-4-3-7-17-9-11/h5-6,10-11H,3-4,7-9H2,1-2H3,(H,13,14). The molecule has 1 aromatic heterocycles. The summed E-state index contributed by atoms with van der Waals surface area (Å²) >= 11 is 0. The highest BCUT2D eigenvalue weighted by molar-refractivity contribution is 5.28. The number of hydrogen-bond donors (Lipinski definition) is 1. The van der Waals surface area contributed by atoms with Crippen LogP contribution in [0.15, 0.2) is 12.4 Å². The topological polar surface area (TPSA) is 48.3 Å². The molecule has 0 radical (unpaired) electrons. The number of methoxy groups -OCH3 is 1. The van der Waals surface area contributed by atoms with E-state index in [1.807, 2.05) is 12.4 Å². The second-order valence-electron chi connectivity index (χ2n) is 4.52. The number of anilines is 1. The van der Waals surface area contributed by atoms with E-state index in [2.05, 4.69) is 21.8 Å². The molecule has 17 heavy (non-hydrogen) atoms. The molecule has 0 saturated carbocycles. The van der Waals surface area contributed by atoms with E-state index in [4.69, 9.17) is 9.47 Å². The first-order chi connectivity index (χ1) is 8.31. The maximum Gasteiger partial charge on any atom is 0.203 e. The van der Waals surface area contributed by atoms with Gasteiger partial charge >= 0.3 is 0 Å². The van der Waals surface area contributed by atoms with Crippen LogP contribution in [0.5, 0.6) is 0 Å². The molecular weight excluding hydrogens is 218 g/mol. The van der Waals surface area contributed by atoms with Crippen molar-refractivity contribution in [1.82, 2.24) is 9.55 Å². The molecule has 2 atom stereocenters. The lowest BCUT2D eigenvalue weighted by molar-refractivity contribution is 0.0871. The first kappa shape index (κ1) is 12.4. The van der Waals surface area contributed by atoms with E-state index in [0.717, 1.165) is 32.0 Å². The largest absolute Gasteiger partial charge is 0.383 e. The Bertz CT molecular complexity index is 334. The van der Waals surface area contributed by atoms with Gasteiger partial charge < -0.3 is 19.4 Å². The van der Waals surface area contributed by atoms with Crippen LogP contribution in [0.4, 0.5) is 5.95 Å². The van der Waals surface area contributed by atoms with Gasteiger partial charge in [-0.15, -0.1) is 0 Å². The van der Waals surface area contributed by atoms with Gasteiger partial charge in [-0.1, -0.05) is 0 Å². The monoisotopic (exact) mass is 239 g/mol. The second-order valence-corrected chi connectivity index (χ2v) is 4.52. The molecule has 1 aliphatic rings. The van der Waals surface area contributed by atoms with Gasteiger partial charge in [0.2, 0.25) is 5.95 Å². The summed E-state index contributed by atoms with van der Waals surface area (Å²) in [4.78, 5) is 4.35. The summed E-state index contributed by atoms with van der Waals surface area (Å²) < 4.78 is 12.7. The number of nitrogens with zero attached hydrogens (tertiary/aromatic N) is 2. The molecule has 2 rings (SSSR count). The van der Waals surface area contributed by atoms with Crippen molar-refractivity contribution in [2.24, 2.45) is 0 Å². The van der Waals surface area contributed by atoms with E-state index in [-0.39, 0.29) is 6.04 Å². The van der Waals surface area contributed by atoms with Crippen LogP contribution in [0, 0.1) is 0 Å². The van der Waals surface area contributed by atoms with Crippen LogP contribution in [0.25, 0.3) is 0 Å². The van der Waals surface area contributed by atoms with E-state index in [0.29, 0.717) is 12.6 Å². The molecular formula is C12H21N3O2. The lowest BCUT2D eigenvalue weighted by atomic mass is 10.1. The van der Waals surface area contributed by atoms with Crippen LogP contribution in [-0.4, -0.2) is 42.5 Å². The van der Waals surface area contributed by atoms with E-state index >= 15 is 0 Å². The fourth-order valence-corrected chi connectivity index (χ4v) is 2.14. The summed E-state index contributed by atoms with van der Waals surface area (Å²) in [7, 11) is 1.72. The van der Waals surface area contributed by atoms with Crippen LogP contribution in [-0.2, 0) is 9.47 Å². The van der Waals surface area contributed by atoms with Crippen molar-refractivity contribution in [2.45, 2.75) is 31.8 Å². The molecule has 5 nitrogen and oxygen atoms in total. The third-order valence-electron chi connectivity index (χ3n) is 3.04. The summed E-state index contributed by atoms with van der Waals surface area (Å²) in [5.74, 6) is 0.907. The Morgan fingerprint density at radius 3 is 3.29 bits per heavy atom. The van der Waals surface area contributed by atoms with Gasteiger partial charge in [0, 0.05) is 26.1 Å². The Morgan fingerprint density at radius 2 is 2.59 bits per heavy atom. The van der Waals surface area contributed by atoms with Gasteiger partial charge in [-0.25, -0.2) is 4.98 Å². The summed E-state index contributed by atoms with van der Waals surface area (Å²) in [6.07, 6.45) is 6.06. The summed E-state index contributed by atoms with van der Waals surface area (Å²) in [5, 5.41) is 3.44. The first-order valence-electron chi connectivity index (χ1n) is 6.17. The smallest absolute Gasteiger partial charge is 0.203 e. The van der Waals surface area contributed by atoms with Gasteiger partial charge in [0.1, 0.15) is 0 Å². The Balaban J connectivity index is 1.97. The normalized spacial score (nSPS) is 22.4. The van der Waals surface area contributed by atoms with Crippen LogP contribution < -0.4 is 5.32 Å². The van der Waals surface area contributed by atoms with Gasteiger partial charge in [0.25, 0.3) is 0 Å². The molecule has 1 fully saturated rings.